The summed E-state index contributed by atoms with van der Waals surface area (Å²) in [5, 5.41) is -0.106. The molecule has 1 aromatic carbocycles. The molecule has 0 aromatic heterocycles. The van der Waals surface area contributed by atoms with Crippen LogP contribution in [0.5, 0.6) is 0 Å². The van der Waals surface area contributed by atoms with E-state index < -0.39 is 16.1 Å². The number of hydrogen-bond donors (Lipinski definition) is 1. The van der Waals surface area contributed by atoms with Crippen LogP contribution in [0.3, 0.4) is 0 Å². The number of benzene rings is 1. The van der Waals surface area contributed by atoms with E-state index in [0.717, 1.165) is 4.47 Å². The van der Waals surface area contributed by atoms with Crippen molar-refractivity contribution in [3.05, 3.63) is 28.7 Å². The van der Waals surface area contributed by atoms with Crippen molar-refractivity contribution in [1.82, 2.24) is 4.72 Å². The molecule has 0 spiro atoms. The zero-order valence-corrected chi connectivity index (χ0v) is 11.9. The summed E-state index contributed by atoms with van der Waals surface area (Å²) in [6, 6.07) is 5.71. The number of rotatable bonds is 3. The Bertz CT molecular complexity index is 527. The fourth-order valence-electron chi connectivity index (χ4n) is 1.47. The van der Waals surface area contributed by atoms with Crippen molar-refractivity contribution in [2.24, 2.45) is 0 Å². The molecule has 4 nitrogen and oxygen atoms in total. The van der Waals surface area contributed by atoms with Crippen LogP contribution in [0.4, 0.5) is 0 Å². The average Bonchev–Trinajstić information content (AvgIpc) is 2.64. The van der Waals surface area contributed by atoms with E-state index in [9.17, 15) is 13.2 Å². The lowest BCUT2D eigenvalue weighted by Crippen LogP contribution is -2.37. The minimum absolute atomic E-state index is 0.106. The number of carbonyl (C=O) groups is 1. The van der Waals surface area contributed by atoms with E-state index in [1.807, 2.05) is 0 Å². The molecule has 1 fully saturated rings. The lowest BCUT2D eigenvalue weighted by molar-refractivity contribution is -0.111. The Labute approximate surface area is 112 Å². The number of halogens is 1. The van der Waals surface area contributed by atoms with Gasteiger partial charge in [0.2, 0.25) is 15.1 Å². The lowest BCUT2D eigenvalue weighted by atomic mass is 10.3. The Kier molecular flexibility index (Phi) is 3.92. The average molecular weight is 336 g/mol. The quantitative estimate of drug-likeness (QED) is 0.914. The summed E-state index contributed by atoms with van der Waals surface area (Å²) in [5.41, 5.74) is 0. The molecule has 0 bridgehead atoms. The molecule has 92 valence electrons. The zero-order chi connectivity index (χ0) is 12.5. The van der Waals surface area contributed by atoms with Crippen molar-refractivity contribution in [3.63, 3.8) is 0 Å². The molecule has 0 aliphatic carbocycles. The maximum atomic E-state index is 12.0. The molecule has 1 heterocycles. The van der Waals surface area contributed by atoms with Crippen molar-refractivity contribution in [2.45, 2.75) is 17.4 Å². The second kappa shape index (κ2) is 5.09. The lowest BCUT2D eigenvalue weighted by Gasteiger charge is -2.10. The van der Waals surface area contributed by atoms with Gasteiger partial charge in [-0.2, -0.15) is 4.72 Å². The topological polar surface area (TPSA) is 63.2 Å². The van der Waals surface area contributed by atoms with Crippen LogP contribution in [0.2, 0.25) is 0 Å². The fraction of sp³-hybridized carbons (Fsp3) is 0.300. The van der Waals surface area contributed by atoms with Crippen LogP contribution < -0.4 is 4.72 Å². The minimum Gasteiger partial charge on any atom is -0.285 e. The maximum absolute atomic E-state index is 12.0. The van der Waals surface area contributed by atoms with E-state index >= 15 is 0 Å². The van der Waals surface area contributed by atoms with Crippen LogP contribution in [0.15, 0.2) is 33.6 Å². The summed E-state index contributed by atoms with van der Waals surface area (Å²) in [7, 11) is -3.60. The van der Waals surface area contributed by atoms with Gasteiger partial charge in [0.25, 0.3) is 0 Å². The Morgan fingerprint density at radius 3 is 2.47 bits per heavy atom. The van der Waals surface area contributed by atoms with Gasteiger partial charge in [0.05, 0.1) is 10.9 Å². The molecule has 7 heteroatoms. The van der Waals surface area contributed by atoms with Gasteiger partial charge in [0.1, 0.15) is 0 Å². The highest BCUT2D eigenvalue weighted by Crippen LogP contribution is 2.22. The highest BCUT2D eigenvalue weighted by atomic mass is 79.9. The third kappa shape index (κ3) is 3.09. The van der Waals surface area contributed by atoms with E-state index in [1.54, 1.807) is 12.1 Å². The first-order valence-corrected chi connectivity index (χ1v) is 8.20. The van der Waals surface area contributed by atoms with Gasteiger partial charge >= 0.3 is 0 Å². The van der Waals surface area contributed by atoms with Crippen LogP contribution in [-0.4, -0.2) is 25.3 Å². The second-order valence-corrected chi connectivity index (χ2v) is 7.31. The van der Waals surface area contributed by atoms with Gasteiger partial charge in [-0.1, -0.05) is 27.7 Å². The highest BCUT2D eigenvalue weighted by Gasteiger charge is 2.29. The molecule has 1 atom stereocenters. The monoisotopic (exact) mass is 335 g/mol. The second-order valence-electron chi connectivity index (χ2n) is 3.58. The zero-order valence-electron chi connectivity index (χ0n) is 8.72. The van der Waals surface area contributed by atoms with Gasteiger partial charge < -0.3 is 0 Å². The van der Waals surface area contributed by atoms with Crippen LogP contribution in [0, 0.1) is 0 Å². The van der Waals surface area contributed by atoms with Crippen LogP contribution in [0.25, 0.3) is 0 Å². The minimum atomic E-state index is -3.60. The van der Waals surface area contributed by atoms with Crippen LogP contribution in [0.1, 0.15) is 6.42 Å². The summed E-state index contributed by atoms with van der Waals surface area (Å²) in [6.07, 6.45) is 0.555. The molecule has 1 aliphatic rings. The predicted molar refractivity (Wildman–Crippen MR) is 70.3 cm³/mol. The van der Waals surface area contributed by atoms with E-state index in [0.29, 0.717) is 12.2 Å². The van der Waals surface area contributed by atoms with Gasteiger partial charge in [-0.3, -0.25) is 4.79 Å². The molecule has 1 saturated heterocycles. The van der Waals surface area contributed by atoms with Crippen molar-refractivity contribution in [1.29, 1.82) is 0 Å². The van der Waals surface area contributed by atoms with Gasteiger partial charge in [-0.05, 0) is 30.7 Å². The van der Waals surface area contributed by atoms with Crippen molar-refractivity contribution >= 4 is 42.8 Å². The number of carbonyl (C=O) groups excluding carboxylic acids is 1. The maximum Gasteiger partial charge on any atom is 0.241 e. The van der Waals surface area contributed by atoms with Gasteiger partial charge in [-0.25, -0.2) is 8.42 Å². The number of sulfonamides is 1. The first kappa shape index (κ1) is 13.1. The van der Waals surface area contributed by atoms with E-state index in [1.165, 1.54) is 23.9 Å². The van der Waals surface area contributed by atoms with Gasteiger partial charge in [0.15, 0.2) is 0 Å². The number of nitrogens with one attached hydrogen (secondary N) is 1. The highest BCUT2D eigenvalue weighted by molar-refractivity contribution is 9.10. The molecule has 0 unspecified atom stereocenters. The summed E-state index contributed by atoms with van der Waals surface area (Å²) in [5.74, 6) is 0.673. The normalized spacial score (nSPS) is 20.8. The molecule has 0 radical (unpaired) electrons. The van der Waals surface area contributed by atoms with Crippen LogP contribution in [-0.2, 0) is 14.8 Å². The third-order valence-corrected chi connectivity index (χ3v) is 5.38. The molecule has 1 N–H and O–H groups in total. The molecule has 17 heavy (non-hydrogen) atoms. The smallest absolute Gasteiger partial charge is 0.241 e. The third-order valence-electron chi connectivity index (χ3n) is 2.36. The fourth-order valence-corrected chi connectivity index (χ4v) is 3.97. The molecule has 2 rings (SSSR count). The molecule has 1 aromatic rings. The van der Waals surface area contributed by atoms with Crippen LogP contribution >= 0.6 is 27.7 Å². The summed E-state index contributed by atoms with van der Waals surface area (Å²) < 4.78 is 27.2. The van der Waals surface area contributed by atoms with Crippen molar-refractivity contribution < 1.29 is 13.2 Å². The summed E-state index contributed by atoms with van der Waals surface area (Å²) >= 11 is 4.41. The Morgan fingerprint density at radius 1 is 1.29 bits per heavy atom. The summed E-state index contributed by atoms with van der Waals surface area (Å²) in [6.45, 7) is 0. The first-order chi connectivity index (χ1) is 7.99. The van der Waals surface area contributed by atoms with Gasteiger partial charge in [0, 0.05) is 10.2 Å². The molecule has 0 amide bonds. The Balaban J connectivity index is 2.19. The Morgan fingerprint density at radius 2 is 1.94 bits per heavy atom. The number of thioether (sulfide) groups is 1. The molecular weight excluding hydrogens is 326 g/mol. The first-order valence-electron chi connectivity index (χ1n) is 4.93. The predicted octanol–water partition coefficient (Wildman–Crippen LogP) is 1.76. The van der Waals surface area contributed by atoms with E-state index in [4.69, 9.17) is 0 Å². The SMILES string of the molecule is O=C1SCC[C@H]1NS(=O)(=O)c1ccc(Br)cc1. The van der Waals surface area contributed by atoms with E-state index in [-0.39, 0.29) is 10.0 Å². The molecular formula is C10H10BrNO3S2. The molecule has 0 saturated carbocycles. The van der Waals surface area contributed by atoms with Gasteiger partial charge in [-0.15, -0.1) is 0 Å². The van der Waals surface area contributed by atoms with Crippen molar-refractivity contribution in [3.8, 4) is 0 Å². The largest absolute Gasteiger partial charge is 0.285 e. The van der Waals surface area contributed by atoms with Crippen molar-refractivity contribution in [2.75, 3.05) is 5.75 Å². The Hall–Kier alpha value is -0.370. The summed E-state index contributed by atoms with van der Waals surface area (Å²) in [4.78, 5) is 11.5. The standard InChI is InChI=1S/C10H10BrNO3S2/c11-7-1-3-8(4-2-7)17(14,15)12-9-5-6-16-10(9)13/h1-4,9,12H,5-6H2/t9-/m1/s1. The van der Waals surface area contributed by atoms with E-state index in [2.05, 4.69) is 20.7 Å². The molecule has 1 aliphatic heterocycles. The number of hydrogen-bond acceptors (Lipinski definition) is 4.